The number of rotatable bonds is 5. The Bertz CT molecular complexity index is 771. The minimum Gasteiger partial charge on any atom is -0.467 e. The van der Waals surface area contributed by atoms with E-state index in [0.29, 0.717) is 17.5 Å². The smallest absolute Gasteiger partial charge is 0.328 e. The molecule has 0 bridgehead atoms. The highest BCUT2D eigenvalue weighted by Gasteiger charge is 2.23. The molecule has 1 amide bonds. The molecule has 0 saturated heterocycles. The topological polar surface area (TPSA) is 81.2 Å². The fourth-order valence-electron chi connectivity index (χ4n) is 2.44. The Kier molecular flexibility index (Phi) is 5.49. The van der Waals surface area contributed by atoms with Crippen LogP contribution in [0.5, 0.6) is 0 Å². The van der Waals surface area contributed by atoms with E-state index >= 15 is 0 Å². The van der Waals surface area contributed by atoms with Gasteiger partial charge in [-0.1, -0.05) is 13.8 Å². The number of aryl methyl sites for hydroxylation is 2. The molecule has 1 aromatic carbocycles. The lowest BCUT2D eigenvalue weighted by Gasteiger charge is -2.18. The first-order chi connectivity index (χ1) is 11.3. The van der Waals surface area contributed by atoms with Crippen LogP contribution < -0.4 is 5.32 Å². The van der Waals surface area contributed by atoms with Crippen molar-refractivity contribution in [2.45, 2.75) is 40.2 Å². The minimum absolute atomic E-state index is 0.252. The van der Waals surface area contributed by atoms with Gasteiger partial charge in [0.1, 0.15) is 6.04 Å². The lowest BCUT2D eigenvalue weighted by atomic mass is 10.0. The number of nitrogens with one attached hydrogen (secondary N) is 1. The first kappa shape index (κ1) is 17.8. The van der Waals surface area contributed by atoms with Crippen LogP contribution in [0.1, 0.15) is 42.0 Å². The molecule has 2 rings (SSSR count). The summed E-state index contributed by atoms with van der Waals surface area (Å²) in [6, 6.07) is 4.47. The zero-order valence-corrected chi connectivity index (χ0v) is 14.7. The molecule has 0 aliphatic rings. The van der Waals surface area contributed by atoms with Gasteiger partial charge < -0.3 is 10.1 Å². The Labute approximate surface area is 141 Å². The highest BCUT2D eigenvalue weighted by atomic mass is 16.5. The van der Waals surface area contributed by atoms with Crippen molar-refractivity contribution < 1.29 is 14.3 Å². The lowest BCUT2D eigenvalue weighted by molar-refractivity contribution is -0.143. The van der Waals surface area contributed by atoms with Gasteiger partial charge in [0.25, 0.3) is 5.91 Å². The van der Waals surface area contributed by atoms with Gasteiger partial charge in [-0.15, -0.1) is 0 Å². The number of carbonyl (C=O) groups excluding carboxylic acids is 2. The Morgan fingerprint density at radius 2 is 1.75 bits per heavy atom. The summed E-state index contributed by atoms with van der Waals surface area (Å²) < 4.78 is 4.77. The van der Waals surface area contributed by atoms with E-state index in [4.69, 9.17) is 4.74 Å². The van der Waals surface area contributed by atoms with Crippen molar-refractivity contribution in [3.8, 4) is 0 Å². The maximum atomic E-state index is 12.5. The van der Waals surface area contributed by atoms with E-state index < -0.39 is 12.0 Å². The number of fused-ring (bicyclic) bond motifs is 1. The van der Waals surface area contributed by atoms with E-state index in [0.717, 1.165) is 16.9 Å². The molecular weight excluding hydrogens is 306 g/mol. The SMILES string of the molecule is COC(=O)C(CC(C)C)NC(=O)c1ccc2nc(C)c(C)nc2c1. The summed E-state index contributed by atoms with van der Waals surface area (Å²) in [5, 5.41) is 2.74. The number of carbonyl (C=O) groups is 2. The summed E-state index contributed by atoms with van der Waals surface area (Å²) in [6.07, 6.45) is 0.518. The van der Waals surface area contributed by atoms with E-state index in [1.807, 2.05) is 27.7 Å². The van der Waals surface area contributed by atoms with E-state index in [-0.39, 0.29) is 11.8 Å². The van der Waals surface area contributed by atoms with E-state index in [1.165, 1.54) is 7.11 Å². The van der Waals surface area contributed by atoms with Crippen molar-refractivity contribution in [2.24, 2.45) is 5.92 Å². The number of hydrogen-bond acceptors (Lipinski definition) is 5. The molecule has 1 atom stereocenters. The largest absolute Gasteiger partial charge is 0.467 e. The Balaban J connectivity index is 2.26. The van der Waals surface area contributed by atoms with E-state index in [9.17, 15) is 9.59 Å². The molecule has 1 N–H and O–H groups in total. The van der Waals surface area contributed by atoms with Gasteiger partial charge in [-0.3, -0.25) is 4.79 Å². The van der Waals surface area contributed by atoms with Crippen molar-refractivity contribution in [3.63, 3.8) is 0 Å². The van der Waals surface area contributed by atoms with Crippen LogP contribution in [-0.2, 0) is 9.53 Å². The summed E-state index contributed by atoms with van der Waals surface area (Å²) >= 11 is 0. The molecule has 1 unspecified atom stereocenters. The normalized spacial score (nSPS) is 12.2. The van der Waals surface area contributed by atoms with Crippen LogP contribution >= 0.6 is 0 Å². The molecule has 2 aromatic rings. The maximum Gasteiger partial charge on any atom is 0.328 e. The number of hydrogen-bond donors (Lipinski definition) is 1. The third-order valence-electron chi connectivity index (χ3n) is 3.84. The van der Waals surface area contributed by atoms with Crippen LogP contribution in [0.15, 0.2) is 18.2 Å². The van der Waals surface area contributed by atoms with Crippen molar-refractivity contribution in [1.29, 1.82) is 0 Å². The van der Waals surface area contributed by atoms with Crippen molar-refractivity contribution in [3.05, 3.63) is 35.2 Å². The molecule has 0 saturated carbocycles. The second kappa shape index (κ2) is 7.38. The van der Waals surface area contributed by atoms with E-state index in [2.05, 4.69) is 15.3 Å². The predicted octanol–water partition coefficient (Wildman–Crippen LogP) is 2.56. The van der Waals surface area contributed by atoms with Gasteiger partial charge in [-0.05, 0) is 44.4 Å². The van der Waals surface area contributed by atoms with Gasteiger partial charge in [0.2, 0.25) is 0 Å². The fourth-order valence-corrected chi connectivity index (χ4v) is 2.44. The van der Waals surface area contributed by atoms with Crippen LogP contribution in [0.3, 0.4) is 0 Å². The molecule has 0 aliphatic carbocycles. The molecule has 6 heteroatoms. The van der Waals surface area contributed by atoms with Crippen LogP contribution in [0, 0.1) is 19.8 Å². The molecule has 0 aliphatic heterocycles. The number of aromatic nitrogens is 2. The summed E-state index contributed by atoms with van der Waals surface area (Å²) in [5.41, 5.74) is 3.53. The molecular formula is C18H23N3O3. The lowest BCUT2D eigenvalue weighted by Crippen LogP contribution is -2.42. The summed E-state index contributed by atoms with van der Waals surface area (Å²) in [4.78, 5) is 33.2. The third kappa shape index (κ3) is 4.07. The van der Waals surface area contributed by atoms with Gasteiger partial charge in [0, 0.05) is 5.56 Å². The predicted molar refractivity (Wildman–Crippen MR) is 91.7 cm³/mol. The zero-order valence-electron chi connectivity index (χ0n) is 14.7. The highest BCUT2D eigenvalue weighted by molar-refractivity contribution is 5.99. The van der Waals surface area contributed by atoms with Crippen molar-refractivity contribution in [1.82, 2.24) is 15.3 Å². The van der Waals surface area contributed by atoms with Crippen LogP contribution in [0.4, 0.5) is 0 Å². The maximum absolute atomic E-state index is 12.5. The molecule has 1 aromatic heterocycles. The second-order valence-corrected chi connectivity index (χ2v) is 6.28. The molecule has 6 nitrogen and oxygen atoms in total. The molecule has 0 radical (unpaired) electrons. The third-order valence-corrected chi connectivity index (χ3v) is 3.84. The van der Waals surface area contributed by atoms with E-state index in [1.54, 1.807) is 18.2 Å². The Hall–Kier alpha value is -2.50. The molecule has 0 spiro atoms. The quantitative estimate of drug-likeness (QED) is 0.853. The first-order valence-corrected chi connectivity index (χ1v) is 7.95. The minimum atomic E-state index is -0.663. The van der Waals surface area contributed by atoms with Crippen LogP contribution in [0.2, 0.25) is 0 Å². The van der Waals surface area contributed by atoms with Crippen molar-refractivity contribution >= 4 is 22.9 Å². The Morgan fingerprint density at radius 3 is 2.33 bits per heavy atom. The molecule has 1 heterocycles. The number of nitrogens with zero attached hydrogens (tertiary/aromatic N) is 2. The standard InChI is InChI=1S/C18H23N3O3/c1-10(2)8-16(18(23)24-5)21-17(22)13-6-7-14-15(9-13)20-12(4)11(3)19-14/h6-7,9-10,16H,8H2,1-5H3,(H,21,22). The van der Waals surface area contributed by atoms with Gasteiger partial charge in [-0.2, -0.15) is 0 Å². The second-order valence-electron chi connectivity index (χ2n) is 6.28. The monoisotopic (exact) mass is 329 g/mol. The van der Waals surface area contributed by atoms with Gasteiger partial charge in [-0.25, -0.2) is 14.8 Å². The Morgan fingerprint density at radius 1 is 1.12 bits per heavy atom. The van der Waals surface area contributed by atoms with Crippen LogP contribution in [-0.4, -0.2) is 35.0 Å². The molecule has 0 fully saturated rings. The zero-order chi connectivity index (χ0) is 17.9. The number of methoxy groups -OCH3 is 1. The van der Waals surface area contributed by atoms with Gasteiger partial charge in [0.05, 0.1) is 29.5 Å². The fraction of sp³-hybridized carbons (Fsp3) is 0.444. The first-order valence-electron chi connectivity index (χ1n) is 7.95. The van der Waals surface area contributed by atoms with Gasteiger partial charge in [0.15, 0.2) is 0 Å². The number of esters is 1. The highest BCUT2D eigenvalue weighted by Crippen LogP contribution is 2.15. The summed E-state index contributed by atoms with van der Waals surface area (Å²) in [7, 11) is 1.32. The number of benzene rings is 1. The molecule has 24 heavy (non-hydrogen) atoms. The van der Waals surface area contributed by atoms with Gasteiger partial charge >= 0.3 is 5.97 Å². The average molecular weight is 329 g/mol. The van der Waals surface area contributed by atoms with Crippen LogP contribution in [0.25, 0.3) is 11.0 Å². The van der Waals surface area contributed by atoms with Crippen molar-refractivity contribution in [2.75, 3.05) is 7.11 Å². The molecule has 128 valence electrons. The summed E-state index contributed by atoms with van der Waals surface area (Å²) in [5.74, 6) is -0.514. The average Bonchev–Trinajstić information content (AvgIpc) is 2.53. The summed E-state index contributed by atoms with van der Waals surface area (Å²) in [6.45, 7) is 7.75. The number of ether oxygens (including phenoxy) is 1. The number of amides is 1.